The van der Waals surface area contributed by atoms with Crippen LogP contribution in [0.5, 0.6) is 11.5 Å². The summed E-state index contributed by atoms with van der Waals surface area (Å²) in [5.41, 5.74) is 2.52. The maximum Gasteiger partial charge on any atom is 0.586 e. The molecule has 150 valence electrons. The highest BCUT2D eigenvalue weighted by atomic mass is 19.3. The minimum absolute atomic E-state index is 0.0569. The quantitative estimate of drug-likeness (QED) is 0.727. The van der Waals surface area contributed by atoms with E-state index in [0.29, 0.717) is 5.56 Å². The number of piperazine rings is 1. The molecular formula is C20H19F2N5O2. The van der Waals surface area contributed by atoms with E-state index in [1.54, 1.807) is 12.1 Å². The van der Waals surface area contributed by atoms with Gasteiger partial charge in [-0.15, -0.1) is 8.78 Å². The Morgan fingerprint density at radius 1 is 1.03 bits per heavy atom. The van der Waals surface area contributed by atoms with Crippen molar-refractivity contribution in [3.63, 3.8) is 0 Å². The number of hydrogen-bond donors (Lipinski definition) is 1. The third-order valence-corrected chi connectivity index (χ3v) is 5.15. The van der Waals surface area contributed by atoms with Gasteiger partial charge in [0, 0.05) is 38.3 Å². The number of H-pyrrole nitrogens is 1. The van der Waals surface area contributed by atoms with Crippen LogP contribution in [0.25, 0.3) is 11.1 Å². The van der Waals surface area contributed by atoms with E-state index in [-0.39, 0.29) is 11.5 Å². The van der Waals surface area contributed by atoms with Gasteiger partial charge in [-0.1, -0.05) is 30.3 Å². The zero-order valence-corrected chi connectivity index (χ0v) is 15.5. The number of nitrogens with one attached hydrogen (secondary N) is 1. The molecule has 7 nitrogen and oxygen atoms in total. The summed E-state index contributed by atoms with van der Waals surface area (Å²) in [7, 11) is 0. The standard InChI is InChI=1S/C20H19F2N5O2/c21-20(22)28-17-6-2-5-16(18(17)29-20)15-4-1-3-14(11-15)12-26-7-9-27(10-8-26)19-23-13-24-25-19/h1-6,11,13H,7-10,12H2,(H,23,24,25). The maximum absolute atomic E-state index is 13.5. The van der Waals surface area contributed by atoms with E-state index < -0.39 is 6.29 Å². The van der Waals surface area contributed by atoms with Crippen LogP contribution in [-0.4, -0.2) is 52.6 Å². The first-order chi connectivity index (χ1) is 14.1. The van der Waals surface area contributed by atoms with Crippen molar-refractivity contribution in [1.82, 2.24) is 20.1 Å². The molecule has 2 aromatic carbocycles. The van der Waals surface area contributed by atoms with E-state index in [0.717, 1.165) is 49.8 Å². The monoisotopic (exact) mass is 399 g/mol. The van der Waals surface area contributed by atoms with Gasteiger partial charge in [0.15, 0.2) is 11.5 Å². The van der Waals surface area contributed by atoms with E-state index in [4.69, 9.17) is 4.74 Å². The normalized spacial score (nSPS) is 18.2. The second-order valence-electron chi connectivity index (χ2n) is 7.07. The molecule has 0 spiro atoms. The Labute approximate surface area is 165 Å². The summed E-state index contributed by atoms with van der Waals surface area (Å²) in [6.07, 6.45) is -2.11. The van der Waals surface area contributed by atoms with Gasteiger partial charge < -0.3 is 14.4 Å². The van der Waals surface area contributed by atoms with E-state index >= 15 is 0 Å². The zero-order chi connectivity index (χ0) is 19.8. The van der Waals surface area contributed by atoms with Gasteiger partial charge in [0.1, 0.15) is 6.33 Å². The Morgan fingerprint density at radius 2 is 1.86 bits per heavy atom. The van der Waals surface area contributed by atoms with E-state index in [1.165, 1.54) is 12.4 Å². The number of aromatic nitrogens is 3. The van der Waals surface area contributed by atoms with Crippen LogP contribution in [-0.2, 0) is 6.54 Å². The van der Waals surface area contributed by atoms with Gasteiger partial charge in [-0.2, -0.15) is 10.1 Å². The average Bonchev–Trinajstić information content (AvgIpc) is 3.35. The topological polar surface area (TPSA) is 66.5 Å². The van der Waals surface area contributed by atoms with E-state index in [1.807, 2.05) is 24.3 Å². The summed E-state index contributed by atoms with van der Waals surface area (Å²) >= 11 is 0. The lowest BCUT2D eigenvalue weighted by Crippen LogP contribution is -2.46. The molecule has 0 saturated carbocycles. The maximum atomic E-state index is 13.5. The Hall–Kier alpha value is -3.20. The highest BCUT2D eigenvalue weighted by Gasteiger charge is 2.44. The fourth-order valence-corrected chi connectivity index (χ4v) is 3.76. The molecule has 1 saturated heterocycles. The molecule has 0 radical (unpaired) electrons. The molecule has 2 aliphatic rings. The molecule has 3 heterocycles. The molecule has 5 rings (SSSR count). The van der Waals surface area contributed by atoms with Crippen LogP contribution in [0, 0.1) is 0 Å². The van der Waals surface area contributed by atoms with Gasteiger partial charge in [0.05, 0.1) is 0 Å². The first kappa shape index (κ1) is 17.9. The molecule has 0 aliphatic carbocycles. The molecule has 0 unspecified atom stereocenters. The SMILES string of the molecule is FC1(F)Oc2cccc(-c3cccc(CN4CCN(c5ncn[nH]5)CC4)c3)c2O1. The number of para-hydroxylation sites is 1. The van der Waals surface area contributed by atoms with E-state index in [9.17, 15) is 8.78 Å². The summed E-state index contributed by atoms with van der Waals surface area (Å²) in [4.78, 5) is 8.73. The number of hydrogen-bond acceptors (Lipinski definition) is 6. The Balaban J connectivity index is 1.30. The number of nitrogens with zero attached hydrogens (tertiary/aromatic N) is 4. The number of benzene rings is 2. The van der Waals surface area contributed by atoms with Crippen LogP contribution in [0.4, 0.5) is 14.7 Å². The van der Waals surface area contributed by atoms with Gasteiger partial charge in [0.25, 0.3) is 0 Å². The minimum Gasteiger partial charge on any atom is -0.395 e. The van der Waals surface area contributed by atoms with Crippen LogP contribution in [0.1, 0.15) is 5.56 Å². The Kier molecular flexibility index (Phi) is 4.31. The lowest BCUT2D eigenvalue weighted by Gasteiger charge is -2.34. The molecule has 0 atom stereocenters. The number of fused-ring (bicyclic) bond motifs is 1. The summed E-state index contributed by atoms with van der Waals surface area (Å²) in [5.74, 6) is 0.931. The molecule has 3 aromatic rings. The molecule has 0 amide bonds. The van der Waals surface area contributed by atoms with Gasteiger partial charge >= 0.3 is 6.29 Å². The zero-order valence-electron chi connectivity index (χ0n) is 15.5. The van der Waals surface area contributed by atoms with Crippen LogP contribution in [0.15, 0.2) is 48.8 Å². The summed E-state index contributed by atoms with van der Waals surface area (Å²) < 4.78 is 36.3. The van der Waals surface area contributed by atoms with Crippen molar-refractivity contribution in [3.05, 3.63) is 54.4 Å². The van der Waals surface area contributed by atoms with Crippen molar-refractivity contribution in [2.45, 2.75) is 12.8 Å². The lowest BCUT2D eigenvalue weighted by atomic mass is 10.0. The third kappa shape index (κ3) is 3.61. The molecule has 29 heavy (non-hydrogen) atoms. The van der Waals surface area contributed by atoms with Gasteiger partial charge in [-0.25, -0.2) is 5.10 Å². The van der Waals surface area contributed by atoms with Crippen LogP contribution in [0.2, 0.25) is 0 Å². The summed E-state index contributed by atoms with van der Waals surface area (Å²) in [5, 5.41) is 6.79. The molecule has 1 aromatic heterocycles. The fraction of sp³-hybridized carbons (Fsp3) is 0.300. The number of ether oxygens (including phenoxy) is 2. The fourth-order valence-electron chi connectivity index (χ4n) is 3.76. The molecule has 9 heteroatoms. The number of alkyl halides is 2. The van der Waals surface area contributed by atoms with Crippen molar-refractivity contribution >= 4 is 5.95 Å². The second-order valence-corrected chi connectivity index (χ2v) is 7.07. The number of aromatic amines is 1. The van der Waals surface area contributed by atoms with E-state index in [2.05, 4.69) is 29.7 Å². The van der Waals surface area contributed by atoms with Gasteiger partial charge in [-0.05, 0) is 23.3 Å². The van der Waals surface area contributed by atoms with Crippen molar-refractivity contribution in [2.75, 3.05) is 31.1 Å². The minimum atomic E-state index is -3.63. The smallest absolute Gasteiger partial charge is 0.395 e. The molecule has 2 aliphatic heterocycles. The van der Waals surface area contributed by atoms with Crippen LogP contribution >= 0.6 is 0 Å². The van der Waals surface area contributed by atoms with Gasteiger partial charge in [-0.3, -0.25) is 4.90 Å². The molecule has 0 bridgehead atoms. The van der Waals surface area contributed by atoms with Gasteiger partial charge in [0.2, 0.25) is 5.95 Å². The first-order valence-corrected chi connectivity index (χ1v) is 9.38. The predicted octanol–water partition coefficient (Wildman–Crippen LogP) is 3.12. The summed E-state index contributed by atoms with van der Waals surface area (Å²) in [6, 6.07) is 12.8. The van der Waals surface area contributed by atoms with Crippen molar-refractivity contribution in [2.24, 2.45) is 0 Å². The van der Waals surface area contributed by atoms with Crippen molar-refractivity contribution in [1.29, 1.82) is 0 Å². The number of halogens is 2. The molecule has 1 fully saturated rings. The number of anilines is 1. The second kappa shape index (κ2) is 7.00. The largest absolute Gasteiger partial charge is 0.586 e. The Morgan fingerprint density at radius 3 is 2.66 bits per heavy atom. The molecular weight excluding hydrogens is 380 g/mol. The lowest BCUT2D eigenvalue weighted by molar-refractivity contribution is -0.286. The van der Waals surface area contributed by atoms with Crippen molar-refractivity contribution < 1.29 is 18.3 Å². The Bertz CT molecular complexity index is 1000. The highest BCUT2D eigenvalue weighted by molar-refractivity contribution is 5.74. The third-order valence-electron chi connectivity index (χ3n) is 5.15. The summed E-state index contributed by atoms with van der Waals surface area (Å²) in [6.45, 7) is 4.30. The number of rotatable bonds is 4. The highest BCUT2D eigenvalue weighted by Crippen LogP contribution is 2.47. The average molecular weight is 399 g/mol. The van der Waals surface area contributed by atoms with Crippen molar-refractivity contribution in [3.8, 4) is 22.6 Å². The molecule has 1 N–H and O–H groups in total. The predicted molar refractivity (Wildman–Crippen MR) is 102 cm³/mol. The van der Waals surface area contributed by atoms with Crippen LogP contribution < -0.4 is 14.4 Å². The van der Waals surface area contributed by atoms with Crippen LogP contribution in [0.3, 0.4) is 0 Å². The first-order valence-electron chi connectivity index (χ1n) is 9.38.